The first-order valence-corrected chi connectivity index (χ1v) is 6.27. The molecule has 0 unspecified atom stereocenters. The van der Waals surface area contributed by atoms with Gasteiger partial charge in [-0.2, -0.15) is 10.1 Å². The standard InChI is InChI=1S/C12H19N7O.HI/c1-9-16-11(17-20-9)6-14-12(13-2)18(3)7-10-5-15-19(4)8-10;/h5,8H,6-7H2,1-4H3,(H,13,14);1H. The molecule has 0 spiro atoms. The van der Waals surface area contributed by atoms with Crippen molar-refractivity contribution in [3.8, 4) is 0 Å². The van der Waals surface area contributed by atoms with Crippen molar-refractivity contribution in [2.75, 3.05) is 14.1 Å². The molecular weight excluding hydrogens is 385 g/mol. The zero-order chi connectivity index (χ0) is 14.5. The van der Waals surface area contributed by atoms with E-state index < -0.39 is 0 Å². The highest BCUT2D eigenvalue weighted by Crippen LogP contribution is 2.02. The van der Waals surface area contributed by atoms with Crippen molar-refractivity contribution in [1.82, 2.24) is 30.1 Å². The molecule has 0 aromatic carbocycles. The molecule has 0 saturated heterocycles. The summed E-state index contributed by atoms with van der Waals surface area (Å²) >= 11 is 0. The minimum absolute atomic E-state index is 0. The second-order valence-electron chi connectivity index (χ2n) is 4.51. The van der Waals surface area contributed by atoms with E-state index in [2.05, 4.69) is 25.5 Å². The summed E-state index contributed by atoms with van der Waals surface area (Å²) in [6.45, 7) is 2.96. The smallest absolute Gasteiger partial charge is 0.223 e. The largest absolute Gasteiger partial charge is 0.349 e. The van der Waals surface area contributed by atoms with Crippen molar-refractivity contribution in [1.29, 1.82) is 0 Å². The third-order valence-corrected chi connectivity index (χ3v) is 2.73. The summed E-state index contributed by atoms with van der Waals surface area (Å²) in [7, 11) is 5.60. The van der Waals surface area contributed by atoms with Gasteiger partial charge in [-0.25, -0.2) is 0 Å². The summed E-state index contributed by atoms with van der Waals surface area (Å²) in [6.07, 6.45) is 3.82. The predicted molar refractivity (Wildman–Crippen MR) is 89.3 cm³/mol. The van der Waals surface area contributed by atoms with Gasteiger partial charge in [-0.3, -0.25) is 9.67 Å². The number of hydrogen-bond acceptors (Lipinski definition) is 5. The van der Waals surface area contributed by atoms with Crippen LogP contribution in [0.5, 0.6) is 0 Å². The monoisotopic (exact) mass is 405 g/mol. The van der Waals surface area contributed by atoms with Crippen LogP contribution in [0.25, 0.3) is 0 Å². The van der Waals surface area contributed by atoms with E-state index in [4.69, 9.17) is 4.52 Å². The Bertz CT molecular complexity index is 592. The molecule has 2 aromatic heterocycles. The average molecular weight is 405 g/mol. The maximum absolute atomic E-state index is 4.92. The van der Waals surface area contributed by atoms with E-state index in [9.17, 15) is 0 Å². The second kappa shape index (κ2) is 7.96. The Hall–Kier alpha value is -1.65. The molecule has 0 aliphatic heterocycles. The first-order valence-electron chi connectivity index (χ1n) is 6.27. The molecule has 2 aromatic rings. The number of aliphatic imine (C=N–C) groups is 1. The summed E-state index contributed by atoms with van der Waals surface area (Å²) in [5, 5.41) is 11.2. The van der Waals surface area contributed by atoms with E-state index in [1.807, 2.05) is 31.4 Å². The third-order valence-electron chi connectivity index (χ3n) is 2.73. The van der Waals surface area contributed by atoms with Crippen LogP contribution in [0, 0.1) is 6.92 Å². The molecule has 9 heteroatoms. The molecule has 0 saturated carbocycles. The fraction of sp³-hybridized carbons (Fsp3) is 0.500. The van der Waals surface area contributed by atoms with Crippen molar-refractivity contribution in [2.24, 2.45) is 12.0 Å². The molecule has 0 radical (unpaired) electrons. The molecule has 0 aliphatic rings. The van der Waals surface area contributed by atoms with Crippen LogP contribution in [0.15, 0.2) is 21.9 Å². The lowest BCUT2D eigenvalue weighted by atomic mass is 10.3. The topological polar surface area (TPSA) is 84.4 Å². The zero-order valence-corrected chi connectivity index (χ0v) is 14.9. The average Bonchev–Trinajstić information content (AvgIpc) is 2.99. The van der Waals surface area contributed by atoms with E-state index in [1.165, 1.54) is 0 Å². The van der Waals surface area contributed by atoms with Gasteiger partial charge in [-0.1, -0.05) is 5.16 Å². The van der Waals surface area contributed by atoms with Crippen LogP contribution in [0.4, 0.5) is 0 Å². The first kappa shape index (κ1) is 17.4. The lowest BCUT2D eigenvalue weighted by Crippen LogP contribution is -2.38. The summed E-state index contributed by atoms with van der Waals surface area (Å²) in [6, 6.07) is 0. The molecule has 21 heavy (non-hydrogen) atoms. The number of aryl methyl sites for hydroxylation is 2. The molecule has 8 nitrogen and oxygen atoms in total. The minimum atomic E-state index is 0. The van der Waals surface area contributed by atoms with E-state index in [1.54, 1.807) is 18.7 Å². The van der Waals surface area contributed by atoms with E-state index in [0.717, 1.165) is 18.1 Å². The Morgan fingerprint density at radius 1 is 1.52 bits per heavy atom. The third kappa shape index (κ3) is 4.99. The normalized spacial score (nSPS) is 11.1. The molecule has 2 heterocycles. The van der Waals surface area contributed by atoms with Gasteiger partial charge in [-0.15, -0.1) is 24.0 Å². The van der Waals surface area contributed by atoms with Crippen molar-refractivity contribution in [2.45, 2.75) is 20.0 Å². The Morgan fingerprint density at radius 2 is 2.29 bits per heavy atom. The number of rotatable bonds is 4. The van der Waals surface area contributed by atoms with Gasteiger partial charge in [0.25, 0.3) is 0 Å². The van der Waals surface area contributed by atoms with Crippen LogP contribution in [-0.4, -0.2) is 44.9 Å². The van der Waals surface area contributed by atoms with E-state index in [0.29, 0.717) is 18.3 Å². The number of nitrogens with one attached hydrogen (secondary N) is 1. The van der Waals surface area contributed by atoms with Gasteiger partial charge in [0.15, 0.2) is 11.8 Å². The van der Waals surface area contributed by atoms with Crippen LogP contribution in [0.3, 0.4) is 0 Å². The lowest BCUT2D eigenvalue weighted by Gasteiger charge is -2.20. The zero-order valence-electron chi connectivity index (χ0n) is 12.6. The van der Waals surface area contributed by atoms with Crippen LogP contribution in [0.2, 0.25) is 0 Å². The van der Waals surface area contributed by atoms with Gasteiger partial charge in [0.1, 0.15) is 0 Å². The molecule has 0 bridgehead atoms. The van der Waals surface area contributed by atoms with Crippen molar-refractivity contribution < 1.29 is 4.52 Å². The molecule has 116 valence electrons. The molecule has 0 aliphatic carbocycles. The summed E-state index contributed by atoms with van der Waals surface area (Å²) in [5.74, 6) is 1.93. The van der Waals surface area contributed by atoms with E-state index >= 15 is 0 Å². The molecular formula is C12H20IN7O. The van der Waals surface area contributed by atoms with E-state index in [-0.39, 0.29) is 24.0 Å². The van der Waals surface area contributed by atoms with Gasteiger partial charge in [0.2, 0.25) is 5.89 Å². The van der Waals surface area contributed by atoms with Gasteiger partial charge in [0.05, 0.1) is 12.7 Å². The lowest BCUT2D eigenvalue weighted by molar-refractivity contribution is 0.386. The SMILES string of the molecule is CN=C(NCc1noc(C)n1)N(C)Cc1cnn(C)c1.I. The highest BCUT2D eigenvalue weighted by molar-refractivity contribution is 14.0. The Morgan fingerprint density at radius 3 is 2.81 bits per heavy atom. The summed E-state index contributed by atoms with van der Waals surface area (Å²) in [4.78, 5) is 10.4. The van der Waals surface area contributed by atoms with Crippen molar-refractivity contribution in [3.05, 3.63) is 29.7 Å². The summed E-state index contributed by atoms with van der Waals surface area (Å²) < 4.78 is 6.70. The Labute approximate surface area is 140 Å². The van der Waals surface area contributed by atoms with Gasteiger partial charge < -0.3 is 14.7 Å². The highest BCUT2D eigenvalue weighted by Gasteiger charge is 2.09. The van der Waals surface area contributed by atoms with Crippen LogP contribution in [0.1, 0.15) is 17.3 Å². The molecule has 0 atom stereocenters. The predicted octanol–water partition coefficient (Wildman–Crippen LogP) is 0.937. The molecule has 0 fully saturated rings. The maximum atomic E-state index is 4.92. The number of hydrogen-bond donors (Lipinski definition) is 1. The van der Waals surface area contributed by atoms with Gasteiger partial charge >= 0.3 is 0 Å². The number of halogens is 1. The highest BCUT2D eigenvalue weighted by atomic mass is 127. The fourth-order valence-corrected chi connectivity index (χ4v) is 1.86. The van der Waals surface area contributed by atoms with Crippen LogP contribution in [-0.2, 0) is 20.1 Å². The van der Waals surface area contributed by atoms with Gasteiger partial charge in [-0.05, 0) is 0 Å². The van der Waals surface area contributed by atoms with Crippen molar-refractivity contribution in [3.63, 3.8) is 0 Å². The Balaban J connectivity index is 0.00000220. The number of guanidine groups is 1. The quantitative estimate of drug-likeness (QED) is 0.463. The Kier molecular flexibility index (Phi) is 6.59. The van der Waals surface area contributed by atoms with Crippen LogP contribution >= 0.6 is 24.0 Å². The second-order valence-corrected chi connectivity index (χ2v) is 4.51. The summed E-state index contributed by atoms with van der Waals surface area (Å²) in [5.41, 5.74) is 1.12. The maximum Gasteiger partial charge on any atom is 0.223 e. The number of aromatic nitrogens is 4. The fourth-order valence-electron chi connectivity index (χ4n) is 1.86. The van der Waals surface area contributed by atoms with Crippen molar-refractivity contribution >= 4 is 29.9 Å². The molecule has 2 rings (SSSR count). The van der Waals surface area contributed by atoms with Gasteiger partial charge in [0, 0.05) is 46.4 Å². The number of nitrogens with zero attached hydrogens (tertiary/aromatic N) is 6. The minimum Gasteiger partial charge on any atom is -0.349 e. The van der Waals surface area contributed by atoms with Crippen LogP contribution < -0.4 is 5.32 Å². The molecule has 1 N–H and O–H groups in total. The molecule has 0 amide bonds. The first-order chi connectivity index (χ1) is 9.58.